The Morgan fingerprint density at radius 3 is 1.70 bits per heavy atom. The standard InChI is InChI=1S/C15H24O.C4H8N2O2S.C2H2/c1-10-8-11(14(2,3)4)13(16)12(9-10)15(5,6)7;1-3(7)5-4(9)6-8-2;1-2/h8-9,16H,1-7H3;1-2H3,(H2,5,6,7,9);1-2H. The molecule has 1 amide bonds. The number of terminal acetylenes is 1. The first kappa shape index (κ1) is 27.1. The Morgan fingerprint density at radius 2 is 1.44 bits per heavy atom. The minimum atomic E-state index is -0.218. The Bertz CT molecular complexity index is 619. The molecule has 0 aromatic heterocycles. The van der Waals surface area contributed by atoms with Crippen LogP contribution in [0.15, 0.2) is 12.1 Å². The Hall–Kier alpha value is -2.10. The first-order valence-corrected chi connectivity index (χ1v) is 8.89. The lowest BCUT2D eigenvalue weighted by Crippen LogP contribution is -2.37. The molecule has 6 heteroatoms. The first-order chi connectivity index (χ1) is 12.2. The molecule has 0 atom stereocenters. The zero-order valence-corrected chi connectivity index (χ0v) is 18.8. The number of hydroxylamine groups is 1. The summed E-state index contributed by atoms with van der Waals surface area (Å²) in [4.78, 5) is 14.6. The number of benzene rings is 1. The van der Waals surface area contributed by atoms with Crippen molar-refractivity contribution in [3.8, 4) is 18.6 Å². The highest BCUT2D eigenvalue weighted by Crippen LogP contribution is 2.39. The van der Waals surface area contributed by atoms with E-state index < -0.39 is 0 Å². The minimum absolute atomic E-state index is 0.0178. The predicted octanol–water partition coefficient (Wildman–Crippen LogP) is 4.10. The van der Waals surface area contributed by atoms with Crippen molar-refractivity contribution in [1.29, 1.82) is 0 Å². The van der Waals surface area contributed by atoms with Gasteiger partial charge in [0.1, 0.15) is 5.75 Å². The second kappa shape index (κ2) is 11.6. The number of aryl methyl sites for hydroxylation is 1. The highest BCUT2D eigenvalue weighted by Gasteiger charge is 2.25. The average Bonchev–Trinajstić information content (AvgIpc) is 2.49. The molecule has 0 saturated carbocycles. The van der Waals surface area contributed by atoms with E-state index in [-0.39, 0.29) is 21.8 Å². The van der Waals surface area contributed by atoms with E-state index in [0.717, 1.165) is 11.1 Å². The highest BCUT2D eigenvalue weighted by atomic mass is 32.1. The summed E-state index contributed by atoms with van der Waals surface area (Å²) < 4.78 is 0. The molecule has 1 aromatic rings. The normalized spacial score (nSPS) is 10.5. The summed E-state index contributed by atoms with van der Waals surface area (Å²) in [6.45, 7) is 16.2. The van der Waals surface area contributed by atoms with E-state index in [1.54, 1.807) is 0 Å². The van der Waals surface area contributed by atoms with E-state index in [0.29, 0.717) is 5.75 Å². The quantitative estimate of drug-likeness (QED) is 0.380. The molecule has 5 nitrogen and oxygen atoms in total. The maximum absolute atomic E-state index is 10.4. The van der Waals surface area contributed by atoms with Gasteiger partial charge in [0.15, 0.2) is 5.11 Å². The minimum Gasteiger partial charge on any atom is -0.507 e. The molecular weight excluding hydrogens is 360 g/mol. The second-order valence-corrected chi connectivity index (χ2v) is 8.43. The number of phenolic OH excluding ortho intramolecular Hbond substituents is 1. The van der Waals surface area contributed by atoms with Crippen molar-refractivity contribution in [2.75, 3.05) is 7.11 Å². The van der Waals surface area contributed by atoms with E-state index in [1.165, 1.54) is 19.6 Å². The molecule has 152 valence electrons. The zero-order chi connectivity index (χ0) is 22.0. The monoisotopic (exact) mass is 394 g/mol. The number of nitrogens with one attached hydrogen (secondary N) is 2. The van der Waals surface area contributed by atoms with Crippen molar-refractivity contribution in [2.45, 2.75) is 66.2 Å². The van der Waals surface area contributed by atoms with Crippen LogP contribution in [0.3, 0.4) is 0 Å². The lowest BCUT2D eigenvalue weighted by Gasteiger charge is -2.27. The Labute approximate surface area is 169 Å². The van der Waals surface area contributed by atoms with Crippen LogP contribution in [0.25, 0.3) is 0 Å². The van der Waals surface area contributed by atoms with Gasteiger partial charge in [0.2, 0.25) is 5.91 Å². The molecule has 0 aliphatic heterocycles. The van der Waals surface area contributed by atoms with E-state index >= 15 is 0 Å². The summed E-state index contributed by atoms with van der Waals surface area (Å²) in [5.41, 5.74) is 5.53. The molecule has 0 spiro atoms. The zero-order valence-electron chi connectivity index (χ0n) is 18.0. The summed E-state index contributed by atoms with van der Waals surface area (Å²) in [6, 6.07) is 4.18. The van der Waals surface area contributed by atoms with E-state index in [1.807, 2.05) is 0 Å². The Kier molecular flexibility index (Phi) is 11.6. The lowest BCUT2D eigenvalue weighted by molar-refractivity contribution is -0.117. The maximum atomic E-state index is 10.4. The molecule has 0 saturated heterocycles. The van der Waals surface area contributed by atoms with Crippen molar-refractivity contribution < 1.29 is 14.7 Å². The van der Waals surface area contributed by atoms with Gasteiger partial charge in [-0.25, -0.2) is 5.48 Å². The number of hydrogen-bond donors (Lipinski definition) is 3. The SMILES string of the molecule is C#C.CONC(=S)NC(C)=O.Cc1cc(C(C)(C)C)c(O)c(C(C)(C)C)c1. The van der Waals surface area contributed by atoms with Crippen molar-refractivity contribution in [1.82, 2.24) is 10.8 Å². The number of thiocarbonyl (C=S) groups is 1. The van der Waals surface area contributed by atoms with E-state index in [9.17, 15) is 9.90 Å². The molecule has 0 fully saturated rings. The van der Waals surface area contributed by atoms with Crippen LogP contribution in [0, 0.1) is 19.8 Å². The van der Waals surface area contributed by atoms with Crippen LogP contribution in [0.5, 0.6) is 5.75 Å². The summed E-state index contributed by atoms with van der Waals surface area (Å²) in [7, 11) is 1.41. The van der Waals surface area contributed by atoms with Crippen molar-refractivity contribution in [3.05, 3.63) is 28.8 Å². The first-order valence-electron chi connectivity index (χ1n) is 8.48. The van der Waals surface area contributed by atoms with Crippen LogP contribution < -0.4 is 10.8 Å². The summed E-state index contributed by atoms with van der Waals surface area (Å²) in [5.74, 6) is 0.246. The van der Waals surface area contributed by atoms with E-state index in [2.05, 4.69) is 101 Å². The number of carbonyl (C=O) groups excluding carboxylic acids is 1. The van der Waals surface area contributed by atoms with Crippen LogP contribution in [-0.2, 0) is 20.5 Å². The van der Waals surface area contributed by atoms with Crippen LogP contribution in [0.4, 0.5) is 0 Å². The van der Waals surface area contributed by atoms with Gasteiger partial charge in [-0.2, -0.15) is 0 Å². The lowest BCUT2D eigenvalue weighted by atomic mass is 9.78. The van der Waals surface area contributed by atoms with Gasteiger partial charge in [0, 0.05) is 6.92 Å². The van der Waals surface area contributed by atoms with Crippen molar-refractivity contribution in [2.24, 2.45) is 0 Å². The fourth-order valence-electron chi connectivity index (χ4n) is 2.20. The van der Waals surface area contributed by atoms with Crippen LogP contribution >= 0.6 is 12.2 Å². The van der Waals surface area contributed by atoms with Gasteiger partial charge < -0.3 is 10.4 Å². The van der Waals surface area contributed by atoms with Crippen molar-refractivity contribution in [3.63, 3.8) is 0 Å². The molecule has 0 heterocycles. The van der Waals surface area contributed by atoms with Gasteiger partial charge in [-0.15, -0.1) is 12.8 Å². The van der Waals surface area contributed by atoms with Gasteiger partial charge >= 0.3 is 0 Å². The largest absolute Gasteiger partial charge is 0.507 e. The molecule has 0 unspecified atom stereocenters. The molecule has 0 aliphatic carbocycles. The number of rotatable bonds is 1. The molecule has 1 rings (SSSR count). The smallest absolute Gasteiger partial charge is 0.223 e. The highest BCUT2D eigenvalue weighted by molar-refractivity contribution is 7.80. The molecular formula is C21H34N2O3S. The van der Waals surface area contributed by atoms with Gasteiger partial charge in [-0.05, 0) is 41.1 Å². The number of aromatic hydroxyl groups is 1. The van der Waals surface area contributed by atoms with Gasteiger partial charge in [0.25, 0.3) is 0 Å². The number of phenols is 1. The molecule has 0 radical (unpaired) electrons. The maximum Gasteiger partial charge on any atom is 0.223 e. The molecule has 0 aliphatic rings. The van der Waals surface area contributed by atoms with Crippen LogP contribution in [0.2, 0.25) is 0 Å². The van der Waals surface area contributed by atoms with Crippen molar-refractivity contribution >= 4 is 23.2 Å². The van der Waals surface area contributed by atoms with Crippen LogP contribution in [0.1, 0.15) is 65.2 Å². The number of amides is 1. The van der Waals surface area contributed by atoms with Gasteiger partial charge in [-0.3, -0.25) is 9.63 Å². The van der Waals surface area contributed by atoms with Crippen LogP contribution in [-0.4, -0.2) is 23.2 Å². The van der Waals surface area contributed by atoms with E-state index in [4.69, 9.17) is 0 Å². The fraction of sp³-hybridized carbons (Fsp3) is 0.524. The molecule has 0 bridgehead atoms. The second-order valence-electron chi connectivity index (χ2n) is 8.03. The Balaban J connectivity index is 0. The Morgan fingerprint density at radius 1 is 1.07 bits per heavy atom. The molecule has 1 aromatic carbocycles. The molecule has 27 heavy (non-hydrogen) atoms. The summed E-state index contributed by atoms with van der Waals surface area (Å²) >= 11 is 4.56. The third kappa shape index (κ3) is 10.6. The average molecular weight is 395 g/mol. The van der Waals surface area contributed by atoms with Gasteiger partial charge in [-0.1, -0.05) is 59.2 Å². The third-order valence-corrected chi connectivity index (χ3v) is 3.54. The third-order valence-electron chi connectivity index (χ3n) is 3.35. The number of hydrogen-bond acceptors (Lipinski definition) is 4. The predicted molar refractivity (Wildman–Crippen MR) is 117 cm³/mol. The fourth-order valence-corrected chi connectivity index (χ4v) is 2.43. The topological polar surface area (TPSA) is 70.6 Å². The summed E-state index contributed by atoms with van der Waals surface area (Å²) in [6.07, 6.45) is 8.00. The molecule has 3 N–H and O–H groups in total. The number of carbonyl (C=O) groups is 1. The van der Waals surface area contributed by atoms with Gasteiger partial charge in [0.05, 0.1) is 7.11 Å². The summed E-state index contributed by atoms with van der Waals surface area (Å²) in [5, 5.41) is 12.9.